The summed E-state index contributed by atoms with van der Waals surface area (Å²) in [4.78, 5) is 0. The summed E-state index contributed by atoms with van der Waals surface area (Å²) >= 11 is 0. The van der Waals surface area contributed by atoms with Crippen LogP contribution in [0.15, 0.2) is 34.8 Å². The third-order valence-electron chi connectivity index (χ3n) is 7.99. The molecule has 182 valence electrons. The monoisotopic (exact) mass is 476 g/mol. The molecule has 0 aliphatic heterocycles. The van der Waals surface area contributed by atoms with E-state index in [-0.39, 0.29) is 21.9 Å². The van der Waals surface area contributed by atoms with Gasteiger partial charge in [-0.25, -0.2) is 8.78 Å². The normalized spacial score (nSPS) is 24.1. The molecule has 1 atom stereocenters. The highest BCUT2D eigenvalue weighted by Crippen LogP contribution is 2.44. The third-order valence-corrected chi connectivity index (χ3v) is 7.99. The molecule has 0 spiro atoms. The zero-order valence-corrected chi connectivity index (χ0v) is 19.3. The third kappa shape index (κ3) is 4.36. The van der Waals surface area contributed by atoms with Crippen LogP contribution in [0.3, 0.4) is 0 Å². The first-order valence-electron chi connectivity index (χ1n) is 12.4. The van der Waals surface area contributed by atoms with Crippen molar-refractivity contribution in [3.05, 3.63) is 53.1 Å². The molecule has 0 bridgehead atoms. The van der Waals surface area contributed by atoms with E-state index in [9.17, 15) is 17.6 Å². The lowest BCUT2D eigenvalue weighted by atomic mass is 9.70. The van der Waals surface area contributed by atoms with Crippen molar-refractivity contribution in [1.82, 2.24) is 0 Å². The fourth-order valence-corrected chi connectivity index (χ4v) is 6.17. The van der Waals surface area contributed by atoms with E-state index in [4.69, 9.17) is 4.42 Å². The molecule has 1 nitrogen and oxygen atoms in total. The summed E-state index contributed by atoms with van der Waals surface area (Å²) in [5, 5.41) is 0.0328. The number of allylic oxidation sites excluding steroid dienone is 2. The van der Waals surface area contributed by atoms with Gasteiger partial charge in [-0.15, -0.1) is 0 Å². The molecule has 1 aromatic heterocycles. The summed E-state index contributed by atoms with van der Waals surface area (Å²) in [7, 11) is 0. The van der Waals surface area contributed by atoms with Crippen molar-refractivity contribution in [2.24, 2.45) is 17.8 Å². The Balaban J connectivity index is 1.39. The van der Waals surface area contributed by atoms with E-state index in [0.29, 0.717) is 17.5 Å². The van der Waals surface area contributed by atoms with Crippen LogP contribution in [-0.4, -0.2) is 0 Å². The minimum atomic E-state index is -4.69. The molecule has 3 aromatic rings. The van der Waals surface area contributed by atoms with Gasteiger partial charge in [-0.3, -0.25) is 0 Å². The molecular formula is C28H29F5O. The number of furan rings is 1. The molecular weight excluding hydrogens is 447 g/mol. The van der Waals surface area contributed by atoms with Gasteiger partial charge in [-0.1, -0.05) is 38.7 Å². The van der Waals surface area contributed by atoms with E-state index in [1.165, 1.54) is 50.7 Å². The average molecular weight is 477 g/mol. The molecule has 1 saturated carbocycles. The maximum atomic E-state index is 15.1. The van der Waals surface area contributed by atoms with Crippen molar-refractivity contribution in [1.29, 1.82) is 0 Å². The molecule has 0 N–H and O–H groups in total. The maximum Gasteiger partial charge on any atom is 0.416 e. The molecule has 1 heterocycles. The highest BCUT2D eigenvalue weighted by Gasteiger charge is 2.33. The zero-order valence-electron chi connectivity index (χ0n) is 19.3. The SMILES string of the molecule is CCCC1CCC(C2CC=C(c3cc4oc5cc(C(F)(F)F)cc(F)c5c4cc3F)CC2)CC1. The summed E-state index contributed by atoms with van der Waals surface area (Å²) in [6, 6.07) is 3.91. The topological polar surface area (TPSA) is 13.1 Å². The highest BCUT2D eigenvalue weighted by atomic mass is 19.4. The second-order valence-electron chi connectivity index (χ2n) is 10.1. The summed E-state index contributed by atoms with van der Waals surface area (Å²) in [5.41, 5.74) is 0.138. The van der Waals surface area contributed by atoms with Crippen molar-refractivity contribution in [3.63, 3.8) is 0 Å². The van der Waals surface area contributed by atoms with Gasteiger partial charge in [0.05, 0.1) is 10.9 Å². The van der Waals surface area contributed by atoms with Crippen LogP contribution >= 0.6 is 0 Å². The minimum absolute atomic E-state index is 0.121. The second kappa shape index (κ2) is 9.01. The number of hydrogen-bond acceptors (Lipinski definition) is 1. The van der Waals surface area contributed by atoms with E-state index < -0.39 is 23.4 Å². The Morgan fingerprint density at radius 3 is 2.29 bits per heavy atom. The fraction of sp³-hybridized carbons (Fsp3) is 0.500. The first kappa shape index (κ1) is 23.4. The zero-order chi connectivity index (χ0) is 24.0. The van der Waals surface area contributed by atoms with Gasteiger partial charge in [0.25, 0.3) is 0 Å². The Kier molecular flexibility index (Phi) is 6.19. The summed E-state index contributed by atoms with van der Waals surface area (Å²) in [6.45, 7) is 2.25. The van der Waals surface area contributed by atoms with Crippen molar-refractivity contribution in [2.45, 2.75) is 70.9 Å². The summed E-state index contributed by atoms with van der Waals surface area (Å²) < 4.78 is 74.4. The molecule has 1 unspecified atom stereocenters. The van der Waals surface area contributed by atoms with Crippen molar-refractivity contribution in [3.8, 4) is 0 Å². The van der Waals surface area contributed by atoms with Gasteiger partial charge in [0, 0.05) is 10.9 Å². The molecule has 0 amide bonds. The van der Waals surface area contributed by atoms with Crippen LogP contribution in [0.4, 0.5) is 22.0 Å². The van der Waals surface area contributed by atoms with Crippen LogP contribution in [0.2, 0.25) is 0 Å². The maximum absolute atomic E-state index is 15.1. The van der Waals surface area contributed by atoms with Gasteiger partial charge in [0.15, 0.2) is 0 Å². The largest absolute Gasteiger partial charge is 0.456 e. The predicted molar refractivity (Wildman–Crippen MR) is 124 cm³/mol. The number of halogens is 5. The van der Waals surface area contributed by atoms with Gasteiger partial charge >= 0.3 is 6.18 Å². The standard InChI is InChI=1S/C28H29F5O/c1-2-3-16-4-6-17(7-5-16)18-8-10-19(11-9-18)21-15-25-22(14-23(21)29)27-24(30)12-20(28(31,32)33)13-26(27)34-25/h10,12-18H,2-9,11H2,1H3. The van der Waals surface area contributed by atoms with E-state index in [1.807, 2.05) is 0 Å². The molecule has 2 aromatic carbocycles. The molecule has 1 fully saturated rings. The van der Waals surface area contributed by atoms with Gasteiger partial charge in [0.2, 0.25) is 0 Å². The van der Waals surface area contributed by atoms with Crippen molar-refractivity contribution < 1.29 is 26.4 Å². The highest BCUT2D eigenvalue weighted by molar-refractivity contribution is 6.06. The first-order valence-corrected chi connectivity index (χ1v) is 12.4. The lowest BCUT2D eigenvalue weighted by Gasteiger charge is -2.35. The summed E-state index contributed by atoms with van der Waals surface area (Å²) in [6.07, 6.45) is 7.88. The van der Waals surface area contributed by atoms with E-state index in [2.05, 4.69) is 13.0 Å². The lowest BCUT2D eigenvalue weighted by molar-refractivity contribution is -0.137. The van der Waals surface area contributed by atoms with Gasteiger partial charge < -0.3 is 4.42 Å². The van der Waals surface area contributed by atoms with Crippen LogP contribution < -0.4 is 0 Å². The molecule has 2 aliphatic rings. The van der Waals surface area contributed by atoms with E-state index in [0.717, 1.165) is 42.7 Å². The first-order chi connectivity index (χ1) is 16.2. The Labute approximate surface area is 196 Å². The smallest absolute Gasteiger partial charge is 0.416 e. The molecule has 6 heteroatoms. The van der Waals surface area contributed by atoms with Crippen molar-refractivity contribution >= 4 is 27.5 Å². The number of hydrogen-bond donors (Lipinski definition) is 0. The molecule has 34 heavy (non-hydrogen) atoms. The van der Waals surface area contributed by atoms with Gasteiger partial charge in [-0.05, 0) is 79.7 Å². The Morgan fingerprint density at radius 2 is 1.65 bits per heavy atom. The molecule has 0 radical (unpaired) electrons. The second-order valence-corrected chi connectivity index (χ2v) is 10.1. The van der Waals surface area contributed by atoms with Crippen molar-refractivity contribution in [2.75, 3.05) is 0 Å². The fourth-order valence-electron chi connectivity index (χ4n) is 6.17. The number of benzene rings is 2. The Hall–Kier alpha value is -2.37. The molecule has 0 saturated heterocycles. The van der Waals surface area contributed by atoms with Crippen LogP contribution in [0.25, 0.3) is 27.5 Å². The minimum Gasteiger partial charge on any atom is -0.456 e. The predicted octanol–water partition coefficient (Wildman–Crippen LogP) is 9.67. The number of rotatable bonds is 4. The Bertz CT molecular complexity index is 1230. The molecule has 5 rings (SSSR count). The van der Waals surface area contributed by atoms with Crippen LogP contribution in [-0.2, 0) is 6.18 Å². The Morgan fingerprint density at radius 1 is 0.882 bits per heavy atom. The van der Waals surface area contributed by atoms with Crippen LogP contribution in [0.5, 0.6) is 0 Å². The van der Waals surface area contributed by atoms with Crippen LogP contribution in [0, 0.1) is 29.4 Å². The lowest BCUT2D eigenvalue weighted by Crippen LogP contribution is -2.23. The quantitative estimate of drug-likeness (QED) is 0.342. The van der Waals surface area contributed by atoms with Crippen LogP contribution in [0.1, 0.15) is 75.8 Å². The van der Waals surface area contributed by atoms with Gasteiger partial charge in [0.1, 0.15) is 22.8 Å². The van der Waals surface area contributed by atoms with Gasteiger partial charge in [-0.2, -0.15) is 13.2 Å². The van der Waals surface area contributed by atoms with E-state index in [1.54, 1.807) is 0 Å². The molecule has 2 aliphatic carbocycles. The number of alkyl halides is 3. The van der Waals surface area contributed by atoms with E-state index >= 15 is 4.39 Å². The average Bonchev–Trinajstić information content (AvgIpc) is 3.17. The number of fused-ring (bicyclic) bond motifs is 3. The summed E-state index contributed by atoms with van der Waals surface area (Å²) in [5.74, 6) is 0.666.